The van der Waals surface area contributed by atoms with Crippen LogP contribution in [0.2, 0.25) is 0 Å². The average Bonchev–Trinajstić information content (AvgIpc) is 2.80. The molecule has 1 aliphatic rings. The fourth-order valence-electron chi connectivity index (χ4n) is 2.29. The number of likely N-dealkylation sites (tertiary alicyclic amines) is 1. The second-order valence-electron chi connectivity index (χ2n) is 4.77. The van der Waals surface area contributed by atoms with Crippen molar-refractivity contribution in [3.05, 3.63) is 29.8 Å². The lowest BCUT2D eigenvalue weighted by molar-refractivity contribution is -0.128. The number of carbonyl (C=O) groups is 1. The van der Waals surface area contributed by atoms with Crippen molar-refractivity contribution in [2.75, 3.05) is 19.7 Å². The highest BCUT2D eigenvalue weighted by atomic mass is 16.5. The van der Waals surface area contributed by atoms with Gasteiger partial charge in [0.15, 0.2) is 0 Å². The molecular weight excluding hydrogens is 240 g/mol. The van der Waals surface area contributed by atoms with E-state index in [1.807, 2.05) is 11.0 Å². The number of nitrogens with zero attached hydrogens (tertiary/aromatic N) is 2. The zero-order valence-electron chi connectivity index (χ0n) is 11.1. The average molecular weight is 258 g/mol. The maximum absolute atomic E-state index is 11.7. The van der Waals surface area contributed by atoms with E-state index < -0.39 is 0 Å². The summed E-state index contributed by atoms with van der Waals surface area (Å²) < 4.78 is 5.59. The summed E-state index contributed by atoms with van der Waals surface area (Å²) in [5, 5.41) is 8.94. The van der Waals surface area contributed by atoms with Crippen LogP contribution < -0.4 is 4.74 Å². The van der Waals surface area contributed by atoms with Gasteiger partial charge in [-0.2, -0.15) is 5.26 Å². The summed E-state index contributed by atoms with van der Waals surface area (Å²) in [6.07, 6.45) is 1.70. The first kappa shape index (κ1) is 13.4. The second kappa shape index (κ2) is 6.24. The quantitative estimate of drug-likeness (QED) is 0.813. The highest BCUT2D eigenvalue weighted by Crippen LogP contribution is 2.21. The Kier molecular flexibility index (Phi) is 4.40. The van der Waals surface area contributed by atoms with Crippen LogP contribution in [0.5, 0.6) is 5.75 Å². The summed E-state index contributed by atoms with van der Waals surface area (Å²) in [7, 11) is 0. The first-order valence-corrected chi connectivity index (χ1v) is 6.64. The van der Waals surface area contributed by atoms with Gasteiger partial charge in [0, 0.05) is 13.0 Å². The van der Waals surface area contributed by atoms with Crippen molar-refractivity contribution < 1.29 is 9.53 Å². The molecule has 1 fully saturated rings. The van der Waals surface area contributed by atoms with E-state index in [1.54, 1.807) is 18.2 Å². The number of amides is 1. The summed E-state index contributed by atoms with van der Waals surface area (Å²) in [6.45, 7) is 3.97. The van der Waals surface area contributed by atoms with E-state index in [2.05, 4.69) is 13.0 Å². The Labute approximate surface area is 113 Å². The van der Waals surface area contributed by atoms with Crippen LogP contribution in [0.1, 0.15) is 25.3 Å². The maximum atomic E-state index is 11.7. The molecule has 100 valence electrons. The van der Waals surface area contributed by atoms with Crippen LogP contribution in [-0.2, 0) is 4.79 Å². The Bertz CT molecular complexity index is 493. The van der Waals surface area contributed by atoms with Crippen LogP contribution in [0.15, 0.2) is 24.3 Å². The van der Waals surface area contributed by atoms with E-state index in [0.717, 1.165) is 13.0 Å². The largest absolute Gasteiger partial charge is 0.490 e. The van der Waals surface area contributed by atoms with E-state index in [1.165, 1.54) is 0 Å². The molecule has 1 aromatic carbocycles. The minimum atomic E-state index is 0.212. The van der Waals surface area contributed by atoms with Gasteiger partial charge in [0.1, 0.15) is 18.4 Å². The molecule has 1 saturated heterocycles. The summed E-state index contributed by atoms with van der Waals surface area (Å²) in [4.78, 5) is 13.6. The van der Waals surface area contributed by atoms with Crippen molar-refractivity contribution in [1.82, 2.24) is 4.90 Å². The van der Waals surface area contributed by atoms with Gasteiger partial charge < -0.3 is 9.64 Å². The number of ether oxygens (including phenoxy) is 1. The maximum Gasteiger partial charge on any atom is 0.223 e. The van der Waals surface area contributed by atoms with Crippen molar-refractivity contribution >= 4 is 5.91 Å². The number of carbonyl (C=O) groups excluding carboxylic acids is 1. The minimum Gasteiger partial charge on any atom is -0.490 e. The van der Waals surface area contributed by atoms with E-state index in [4.69, 9.17) is 10.00 Å². The molecule has 19 heavy (non-hydrogen) atoms. The second-order valence-corrected chi connectivity index (χ2v) is 4.77. The number of benzene rings is 1. The topological polar surface area (TPSA) is 53.3 Å². The lowest BCUT2D eigenvalue weighted by Gasteiger charge is -2.17. The Morgan fingerprint density at radius 3 is 2.95 bits per heavy atom. The molecule has 2 rings (SSSR count). The van der Waals surface area contributed by atoms with Crippen molar-refractivity contribution in [2.24, 2.45) is 5.92 Å². The predicted molar refractivity (Wildman–Crippen MR) is 71.6 cm³/mol. The monoisotopic (exact) mass is 258 g/mol. The third-order valence-corrected chi connectivity index (χ3v) is 3.50. The molecule has 1 amide bonds. The highest BCUT2D eigenvalue weighted by molar-refractivity contribution is 5.78. The molecule has 4 nitrogen and oxygen atoms in total. The predicted octanol–water partition coefficient (Wildman–Crippen LogP) is 2.20. The van der Waals surface area contributed by atoms with Gasteiger partial charge in [-0.3, -0.25) is 4.79 Å². The number of hydrogen-bond acceptors (Lipinski definition) is 3. The van der Waals surface area contributed by atoms with Crippen molar-refractivity contribution in [2.45, 2.75) is 19.8 Å². The lowest BCUT2D eigenvalue weighted by atomic mass is 10.1. The number of nitriles is 1. The van der Waals surface area contributed by atoms with Gasteiger partial charge in [-0.25, -0.2) is 0 Å². The van der Waals surface area contributed by atoms with Crippen molar-refractivity contribution in [3.63, 3.8) is 0 Å². The zero-order valence-corrected chi connectivity index (χ0v) is 11.1. The molecule has 0 bridgehead atoms. The summed E-state index contributed by atoms with van der Waals surface area (Å²) in [6, 6.07) is 9.24. The van der Waals surface area contributed by atoms with Crippen LogP contribution >= 0.6 is 0 Å². The highest BCUT2D eigenvalue weighted by Gasteiger charge is 2.27. The fraction of sp³-hybridized carbons (Fsp3) is 0.467. The molecule has 1 heterocycles. The molecule has 0 aromatic heterocycles. The SMILES string of the molecule is CCC1CC(=O)N(CCOc2ccccc2C#N)C1. The smallest absolute Gasteiger partial charge is 0.223 e. The first-order valence-electron chi connectivity index (χ1n) is 6.64. The molecule has 0 radical (unpaired) electrons. The van der Waals surface area contributed by atoms with Gasteiger partial charge in [-0.15, -0.1) is 0 Å². The van der Waals surface area contributed by atoms with Crippen LogP contribution in [0.3, 0.4) is 0 Å². The van der Waals surface area contributed by atoms with Crippen LogP contribution in [0.25, 0.3) is 0 Å². The Morgan fingerprint density at radius 2 is 2.26 bits per heavy atom. The summed E-state index contributed by atoms with van der Waals surface area (Å²) in [5.74, 6) is 1.28. The summed E-state index contributed by atoms with van der Waals surface area (Å²) in [5.41, 5.74) is 0.529. The Morgan fingerprint density at radius 1 is 1.47 bits per heavy atom. The Hall–Kier alpha value is -2.02. The van der Waals surface area contributed by atoms with E-state index in [9.17, 15) is 4.79 Å². The molecule has 0 aliphatic carbocycles. The van der Waals surface area contributed by atoms with E-state index >= 15 is 0 Å². The van der Waals surface area contributed by atoms with Gasteiger partial charge in [0.05, 0.1) is 12.1 Å². The van der Waals surface area contributed by atoms with E-state index in [-0.39, 0.29) is 5.91 Å². The molecule has 0 saturated carbocycles. The summed E-state index contributed by atoms with van der Waals surface area (Å²) >= 11 is 0. The molecule has 1 aliphatic heterocycles. The Balaban J connectivity index is 1.84. The first-order chi connectivity index (χ1) is 9.24. The van der Waals surface area contributed by atoms with Crippen molar-refractivity contribution in [3.8, 4) is 11.8 Å². The number of rotatable bonds is 5. The zero-order chi connectivity index (χ0) is 13.7. The molecule has 1 unspecified atom stereocenters. The third kappa shape index (κ3) is 3.25. The normalized spacial score (nSPS) is 18.4. The van der Waals surface area contributed by atoms with Gasteiger partial charge in [0.25, 0.3) is 0 Å². The number of hydrogen-bond donors (Lipinski definition) is 0. The van der Waals surface area contributed by atoms with Crippen LogP contribution in [-0.4, -0.2) is 30.5 Å². The molecule has 1 atom stereocenters. The third-order valence-electron chi connectivity index (χ3n) is 3.50. The van der Waals surface area contributed by atoms with Gasteiger partial charge in [0.2, 0.25) is 5.91 Å². The van der Waals surface area contributed by atoms with Crippen molar-refractivity contribution in [1.29, 1.82) is 5.26 Å². The van der Waals surface area contributed by atoms with E-state index in [0.29, 0.717) is 36.8 Å². The standard InChI is InChI=1S/C15H18N2O2/c1-2-12-9-15(18)17(11-12)7-8-19-14-6-4-3-5-13(14)10-16/h3-6,12H,2,7-9,11H2,1H3. The molecule has 0 spiro atoms. The number of para-hydroxylation sites is 1. The minimum absolute atomic E-state index is 0.212. The fourth-order valence-corrected chi connectivity index (χ4v) is 2.29. The molecule has 0 N–H and O–H groups in total. The molecular formula is C15H18N2O2. The van der Waals surface area contributed by atoms with Gasteiger partial charge >= 0.3 is 0 Å². The molecule has 4 heteroatoms. The van der Waals surface area contributed by atoms with Crippen LogP contribution in [0.4, 0.5) is 0 Å². The van der Waals surface area contributed by atoms with Gasteiger partial charge in [-0.05, 0) is 18.1 Å². The van der Waals surface area contributed by atoms with Gasteiger partial charge in [-0.1, -0.05) is 25.5 Å². The van der Waals surface area contributed by atoms with Crippen LogP contribution in [0, 0.1) is 17.2 Å². The molecule has 1 aromatic rings. The lowest BCUT2D eigenvalue weighted by Crippen LogP contribution is -2.29.